The molecule has 1 aliphatic heterocycles. The van der Waals surface area contributed by atoms with Crippen LogP contribution in [0.15, 0.2) is 0 Å². The summed E-state index contributed by atoms with van der Waals surface area (Å²) in [5.41, 5.74) is 2.16. The molecule has 0 aliphatic carbocycles. The Balaban J connectivity index is 3.47. The molecule has 0 unspecified atom stereocenters. The van der Waals surface area contributed by atoms with Crippen molar-refractivity contribution >= 4 is 22.3 Å². The molecule has 0 N–H and O–H groups in total. The van der Waals surface area contributed by atoms with Crippen molar-refractivity contribution in [1.82, 2.24) is 0 Å². The third kappa shape index (κ3) is 2.02. The molecule has 0 aromatic carbocycles. The SMILES string of the molecule is C[C@@H]1[C@@H](C)[Si]1([Si](C)(C)C(C)(C)C)[Si](C)(C)C(C)(C)C. The van der Waals surface area contributed by atoms with E-state index in [4.69, 9.17) is 0 Å². The van der Waals surface area contributed by atoms with E-state index in [1.54, 1.807) is 0 Å². The first-order valence-electron chi connectivity index (χ1n) is 8.07. The maximum atomic E-state index is 2.75. The van der Waals surface area contributed by atoms with E-state index in [2.05, 4.69) is 81.6 Å². The fourth-order valence-corrected chi connectivity index (χ4v) is 65.8. The van der Waals surface area contributed by atoms with Gasteiger partial charge in [0, 0.05) is 22.3 Å². The zero-order valence-electron chi connectivity index (χ0n) is 15.7. The van der Waals surface area contributed by atoms with Crippen LogP contribution in [0.3, 0.4) is 0 Å². The fraction of sp³-hybridized carbons (Fsp3) is 1.00. The zero-order valence-corrected chi connectivity index (χ0v) is 18.7. The van der Waals surface area contributed by atoms with E-state index >= 15 is 0 Å². The molecule has 0 saturated carbocycles. The lowest BCUT2D eigenvalue weighted by Crippen LogP contribution is -2.72. The van der Waals surface area contributed by atoms with Gasteiger partial charge in [0.15, 0.2) is 0 Å². The summed E-state index contributed by atoms with van der Waals surface area (Å²) < 4.78 is 0. The van der Waals surface area contributed by atoms with E-state index in [1.807, 2.05) is 0 Å². The van der Waals surface area contributed by atoms with Crippen LogP contribution in [-0.4, -0.2) is 22.3 Å². The van der Waals surface area contributed by atoms with Crippen LogP contribution in [0.1, 0.15) is 55.4 Å². The van der Waals surface area contributed by atoms with Gasteiger partial charge in [-0.05, 0) is 10.1 Å². The molecule has 114 valence electrons. The second kappa shape index (κ2) is 4.33. The van der Waals surface area contributed by atoms with Gasteiger partial charge < -0.3 is 0 Å². The van der Waals surface area contributed by atoms with Gasteiger partial charge in [-0.2, -0.15) is 0 Å². The van der Waals surface area contributed by atoms with E-state index in [0.29, 0.717) is 10.1 Å². The van der Waals surface area contributed by atoms with Crippen molar-refractivity contribution in [1.29, 1.82) is 0 Å². The van der Waals surface area contributed by atoms with E-state index < -0.39 is 22.3 Å². The molecule has 0 radical (unpaired) electrons. The lowest BCUT2D eigenvalue weighted by Gasteiger charge is -2.55. The van der Waals surface area contributed by atoms with E-state index in [1.165, 1.54) is 0 Å². The summed E-state index contributed by atoms with van der Waals surface area (Å²) in [5.74, 6) is 0. The molecule has 0 aromatic heterocycles. The lowest BCUT2D eigenvalue weighted by atomic mass is 10.2. The largest absolute Gasteiger partial charge is 0.0711 e. The van der Waals surface area contributed by atoms with Crippen molar-refractivity contribution in [2.75, 3.05) is 0 Å². The first-order valence-corrected chi connectivity index (χ1v) is 18.2. The molecule has 1 aliphatic rings. The second-order valence-corrected chi connectivity index (χ2v) is 37.2. The Bertz CT molecular complexity index is 319. The summed E-state index contributed by atoms with van der Waals surface area (Å²) >= 11 is 0. The van der Waals surface area contributed by atoms with Gasteiger partial charge in [0.25, 0.3) is 0 Å². The fourth-order valence-electron chi connectivity index (χ4n) is 5.07. The van der Waals surface area contributed by atoms with Crippen LogP contribution >= 0.6 is 0 Å². The molecule has 0 nitrogen and oxygen atoms in total. The van der Waals surface area contributed by atoms with Crippen LogP contribution in [0, 0.1) is 0 Å². The van der Waals surface area contributed by atoms with Crippen LogP contribution < -0.4 is 0 Å². The van der Waals surface area contributed by atoms with Gasteiger partial charge in [0.05, 0.1) is 0 Å². The minimum atomic E-state index is -1.19. The van der Waals surface area contributed by atoms with Crippen molar-refractivity contribution in [3.63, 3.8) is 0 Å². The van der Waals surface area contributed by atoms with E-state index in [-0.39, 0.29) is 0 Å². The Morgan fingerprint density at radius 3 is 0.947 bits per heavy atom. The van der Waals surface area contributed by atoms with Gasteiger partial charge in [-0.15, -0.1) is 0 Å². The van der Waals surface area contributed by atoms with Crippen molar-refractivity contribution in [3.05, 3.63) is 0 Å². The van der Waals surface area contributed by atoms with Crippen LogP contribution in [0.4, 0.5) is 0 Å². The predicted octanol–water partition coefficient (Wildman–Crippen LogP) is 6.40. The van der Waals surface area contributed by atoms with Crippen LogP contribution in [0.25, 0.3) is 0 Å². The second-order valence-electron chi connectivity index (χ2n) is 10.2. The summed E-state index contributed by atoms with van der Waals surface area (Å²) in [6.45, 7) is 31.5. The van der Waals surface area contributed by atoms with Gasteiger partial charge in [-0.25, -0.2) is 0 Å². The topological polar surface area (TPSA) is 0 Å². The molecular formula is C16H38Si3. The first kappa shape index (κ1) is 17.7. The van der Waals surface area contributed by atoms with Crippen LogP contribution in [0.2, 0.25) is 47.3 Å². The Hall–Kier alpha value is 0.651. The van der Waals surface area contributed by atoms with E-state index in [9.17, 15) is 0 Å². The lowest BCUT2D eigenvalue weighted by molar-refractivity contribution is 0.725. The third-order valence-electron chi connectivity index (χ3n) is 7.90. The minimum Gasteiger partial charge on any atom is -0.0711 e. The Morgan fingerprint density at radius 1 is 0.632 bits per heavy atom. The maximum Gasteiger partial charge on any atom is 0.0486 e. The summed E-state index contributed by atoms with van der Waals surface area (Å²) in [4.78, 5) is 0. The van der Waals surface area contributed by atoms with Gasteiger partial charge in [0.2, 0.25) is 0 Å². The summed E-state index contributed by atoms with van der Waals surface area (Å²) in [5, 5.41) is 1.13. The first-order chi connectivity index (χ1) is 8.07. The molecule has 1 rings (SSSR count). The van der Waals surface area contributed by atoms with Crippen LogP contribution in [-0.2, 0) is 0 Å². The smallest absolute Gasteiger partial charge is 0.0486 e. The molecule has 2 atom stereocenters. The molecule has 3 heteroatoms. The molecule has 1 saturated heterocycles. The highest BCUT2D eigenvalue weighted by molar-refractivity contribution is 7.74. The van der Waals surface area contributed by atoms with Crippen molar-refractivity contribution < 1.29 is 0 Å². The highest BCUT2D eigenvalue weighted by atomic mass is 29.6. The quantitative estimate of drug-likeness (QED) is 0.517. The average molecular weight is 315 g/mol. The van der Waals surface area contributed by atoms with E-state index in [0.717, 1.165) is 11.1 Å². The average Bonchev–Trinajstić information content (AvgIpc) is 2.67. The molecule has 0 spiro atoms. The third-order valence-corrected chi connectivity index (χ3v) is 56.6. The van der Waals surface area contributed by atoms with Gasteiger partial charge >= 0.3 is 0 Å². The number of hydrogen-bond acceptors (Lipinski definition) is 0. The summed E-state index contributed by atoms with van der Waals surface area (Å²) in [7, 11) is -3.49. The number of hydrogen-bond donors (Lipinski definition) is 0. The van der Waals surface area contributed by atoms with Gasteiger partial charge in [-0.1, -0.05) is 92.7 Å². The Labute approximate surface area is 125 Å². The monoisotopic (exact) mass is 314 g/mol. The van der Waals surface area contributed by atoms with Crippen molar-refractivity contribution in [3.8, 4) is 0 Å². The van der Waals surface area contributed by atoms with Gasteiger partial charge in [0.1, 0.15) is 0 Å². The predicted molar refractivity (Wildman–Crippen MR) is 99.0 cm³/mol. The zero-order chi connectivity index (χ0) is 15.7. The highest BCUT2D eigenvalue weighted by Gasteiger charge is 2.78. The summed E-state index contributed by atoms with van der Waals surface area (Å²) in [6.07, 6.45) is 0. The molecule has 1 heterocycles. The standard InChI is InChI=1S/C16H38Si3/c1-13-14(2)19(13,17(9,10)15(3,4)5)18(11,12)16(6,7)8/h13-14H,1-12H3/t13-,14-/m1/s1. The molecule has 0 amide bonds. The van der Waals surface area contributed by atoms with Crippen LogP contribution in [0.5, 0.6) is 0 Å². The molecule has 19 heavy (non-hydrogen) atoms. The Morgan fingerprint density at radius 2 is 0.842 bits per heavy atom. The molecule has 0 bridgehead atoms. The maximum absolute atomic E-state index is 2.75. The Kier molecular flexibility index (Phi) is 4.03. The van der Waals surface area contributed by atoms with Crippen molar-refractivity contribution in [2.45, 2.75) is 103 Å². The molecular weight excluding hydrogens is 276 g/mol. The number of rotatable bonds is 2. The van der Waals surface area contributed by atoms with Crippen molar-refractivity contribution in [2.24, 2.45) is 0 Å². The summed E-state index contributed by atoms with van der Waals surface area (Å²) in [6, 6.07) is 0. The normalized spacial score (nSPS) is 28.4. The molecule has 0 aromatic rings. The highest BCUT2D eigenvalue weighted by Crippen LogP contribution is 2.72. The minimum absolute atomic E-state index is 0.563. The molecule has 1 fully saturated rings. The van der Waals surface area contributed by atoms with Gasteiger partial charge in [-0.3, -0.25) is 0 Å².